The van der Waals surface area contributed by atoms with Crippen LogP contribution in [-0.2, 0) is 10.9 Å². The van der Waals surface area contributed by atoms with Gasteiger partial charge in [0.1, 0.15) is 11.0 Å². The molecule has 0 radical (unpaired) electrons. The summed E-state index contributed by atoms with van der Waals surface area (Å²) in [7, 11) is 1.63. The maximum Gasteiger partial charge on any atom is 0.416 e. The first-order chi connectivity index (χ1) is 9.14. The van der Waals surface area contributed by atoms with Gasteiger partial charge in [-0.25, -0.2) is 4.98 Å². The van der Waals surface area contributed by atoms with E-state index in [-0.39, 0.29) is 28.5 Å². The lowest BCUT2D eigenvalue weighted by Crippen LogP contribution is -2.57. The molecule has 1 N–H and O–H groups in total. The zero-order valence-electron chi connectivity index (χ0n) is 11.4. The van der Waals surface area contributed by atoms with Gasteiger partial charge in [0.15, 0.2) is 0 Å². The summed E-state index contributed by atoms with van der Waals surface area (Å²) in [6, 6.07) is 1.79. The number of hydrogen-bond donors (Lipinski definition) is 1. The quantitative estimate of drug-likeness (QED) is 0.858. The second-order valence-corrected chi connectivity index (χ2v) is 5.93. The van der Waals surface area contributed by atoms with Gasteiger partial charge < -0.3 is 10.1 Å². The van der Waals surface area contributed by atoms with E-state index < -0.39 is 11.7 Å². The number of methoxy groups -OCH3 is 1. The molecule has 1 fully saturated rings. The van der Waals surface area contributed by atoms with Gasteiger partial charge in [-0.3, -0.25) is 0 Å². The highest BCUT2D eigenvalue weighted by molar-refractivity contribution is 6.29. The van der Waals surface area contributed by atoms with E-state index in [4.69, 9.17) is 16.3 Å². The molecule has 0 saturated heterocycles. The lowest BCUT2D eigenvalue weighted by molar-refractivity contribution is -0.137. The van der Waals surface area contributed by atoms with E-state index in [2.05, 4.69) is 10.3 Å². The predicted molar refractivity (Wildman–Crippen MR) is 70.9 cm³/mol. The van der Waals surface area contributed by atoms with Crippen LogP contribution in [0.1, 0.15) is 25.8 Å². The first-order valence-corrected chi connectivity index (χ1v) is 6.56. The molecule has 1 aliphatic carbocycles. The maximum absolute atomic E-state index is 12.7. The molecule has 1 aliphatic rings. The van der Waals surface area contributed by atoms with Crippen LogP contribution in [0.5, 0.6) is 0 Å². The minimum absolute atomic E-state index is 0.000463. The Labute approximate surface area is 120 Å². The lowest BCUT2D eigenvalue weighted by atomic mass is 9.64. The van der Waals surface area contributed by atoms with E-state index in [9.17, 15) is 13.2 Å². The van der Waals surface area contributed by atoms with Crippen LogP contribution in [0.4, 0.5) is 19.0 Å². The molecule has 2 unspecified atom stereocenters. The highest BCUT2D eigenvalue weighted by Crippen LogP contribution is 2.44. The fourth-order valence-electron chi connectivity index (χ4n) is 2.44. The Hall–Kier alpha value is -1.01. The van der Waals surface area contributed by atoms with Crippen molar-refractivity contribution < 1.29 is 17.9 Å². The Bertz CT molecular complexity index is 505. The third-order valence-corrected chi connectivity index (χ3v) is 4.10. The molecular formula is C13H16ClF3N2O. The molecule has 1 saturated carbocycles. The van der Waals surface area contributed by atoms with Crippen molar-refractivity contribution in [2.75, 3.05) is 12.4 Å². The molecular weight excluding hydrogens is 293 g/mol. The summed E-state index contributed by atoms with van der Waals surface area (Å²) >= 11 is 5.65. The first-order valence-electron chi connectivity index (χ1n) is 6.18. The largest absolute Gasteiger partial charge is 0.416 e. The van der Waals surface area contributed by atoms with Gasteiger partial charge in [-0.05, 0) is 18.6 Å². The number of halogens is 4. The number of alkyl halides is 3. The Morgan fingerprint density at radius 1 is 1.40 bits per heavy atom. The van der Waals surface area contributed by atoms with Crippen molar-refractivity contribution in [1.29, 1.82) is 0 Å². The van der Waals surface area contributed by atoms with Crippen LogP contribution in [0.3, 0.4) is 0 Å². The third-order valence-electron chi connectivity index (χ3n) is 3.91. The summed E-state index contributed by atoms with van der Waals surface area (Å²) in [6.45, 7) is 4.00. The number of nitrogens with one attached hydrogen (secondary N) is 1. The molecule has 1 aromatic heterocycles. The number of anilines is 1. The molecule has 0 spiro atoms. The minimum Gasteiger partial charge on any atom is -0.381 e. The third kappa shape index (κ3) is 2.86. The molecule has 0 bridgehead atoms. The Morgan fingerprint density at radius 2 is 2.05 bits per heavy atom. The van der Waals surface area contributed by atoms with Crippen molar-refractivity contribution in [3.63, 3.8) is 0 Å². The van der Waals surface area contributed by atoms with Gasteiger partial charge in [0, 0.05) is 18.6 Å². The van der Waals surface area contributed by atoms with Crippen LogP contribution in [0, 0.1) is 5.41 Å². The Kier molecular flexibility index (Phi) is 3.90. The zero-order chi connectivity index (χ0) is 15.1. The number of pyridine rings is 1. The van der Waals surface area contributed by atoms with Gasteiger partial charge in [-0.1, -0.05) is 25.4 Å². The highest BCUT2D eigenvalue weighted by atomic mass is 35.5. The van der Waals surface area contributed by atoms with Crippen LogP contribution >= 0.6 is 11.6 Å². The number of ether oxygens (including phenoxy) is 1. The lowest BCUT2D eigenvalue weighted by Gasteiger charge is -2.51. The highest BCUT2D eigenvalue weighted by Gasteiger charge is 2.48. The van der Waals surface area contributed by atoms with Gasteiger partial charge in [0.05, 0.1) is 11.7 Å². The molecule has 2 rings (SSSR count). The van der Waals surface area contributed by atoms with Gasteiger partial charge in [-0.2, -0.15) is 13.2 Å². The summed E-state index contributed by atoms with van der Waals surface area (Å²) in [4.78, 5) is 3.90. The normalized spacial score (nSPS) is 25.1. The molecule has 2 atom stereocenters. The molecule has 3 nitrogen and oxygen atoms in total. The minimum atomic E-state index is -4.44. The average Bonchev–Trinajstić information content (AvgIpc) is 2.32. The molecule has 1 heterocycles. The fraction of sp³-hybridized carbons (Fsp3) is 0.615. The summed E-state index contributed by atoms with van der Waals surface area (Å²) in [6.07, 6.45) is -3.63. The fourth-order valence-corrected chi connectivity index (χ4v) is 2.65. The molecule has 1 aromatic rings. The number of hydrogen-bond acceptors (Lipinski definition) is 3. The SMILES string of the molecule is COC1CC(Nc2cc(C(F)(F)F)cc(Cl)n2)C1(C)C. The van der Waals surface area contributed by atoms with Crippen molar-refractivity contribution in [2.45, 2.75) is 38.6 Å². The van der Waals surface area contributed by atoms with Crippen molar-refractivity contribution in [3.05, 3.63) is 22.8 Å². The van der Waals surface area contributed by atoms with E-state index in [0.29, 0.717) is 0 Å². The second kappa shape index (κ2) is 5.07. The monoisotopic (exact) mass is 308 g/mol. The molecule has 0 amide bonds. The van der Waals surface area contributed by atoms with E-state index in [1.807, 2.05) is 13.8 Å². The van der Waals surface area contributed by atoms with Gasteiger partial charge in [0.2, 0.25) is 0 Å². The summed E-state index contributed by atoms with van der Waals surface area (Å²) < 4.78 is 43.5. The summed E-state index contributed by atoms with van der Waals surface area (Å²) in [5, 5.41) is 2.83. The van der Waals surface area contributed by atoms with Gasteiger partial charge in [0.25, 0.3) is 0 Å². The van der Waals surface area contributed by atoms with Crippen LogP contribution in [-0.4, -0.2) is 24.2 Å². The van der Waals surface area contributed by atoms with Crippen molar-refractivity contribution in [1.82, 2.24) is 4.98 Å². The topological polar surface area (TPSA) is 34.1 Å². The maximum atomic E-state index is 12.7. The first kappa shape index (κ1) is 15.4. The predicted octanol–water partition coefficient (Wildman–Crippen LogP) is 3.98. The van der Waals surface area contributed by atoms with Crippen molar-refractivity contribution in [2.24, 2.45) is 5.41 Å². The molecule has 0 aliphatic heterocycles. The molecule has 0 aromatic carbocycles. The molecule has 112 valence electrons. The number of rotatable bonds is 3. The van der Waals surface area contributed by atoms with Crippen LogP contribution in [0.25, 0.3) is 0 Å². The Balaban J connectivity index is 2.17. The van der Waals surface area contributed by atoms with E-state index in [1.54, 1.807) is 7.11 Å². The van der Waals surface area contributed by atoms with E-state index >= 15 is 0 Å². The Morgan fingerprint density at radius 3 is 2.55 bits per heavy atom. The summed E-state index contributed by atoms with van der Waals surface area (Å²) in [5.41, 5.74) is -0.975. The zero-order valence-corrected chi connectivity index (χ0v) is 12.1. The van der Waals surface area contributed by atoms with Crippen molar-refractivity contribution >= 4 is 17.4 Å². The van der Waals surface area contributed by atoms with E-state index in [0.717, 1.165) is 18.6 Å². The second-order valence-electron chi connectivity index (χ2n) is 5.54. The van der Waals surface area contributed by atoms with E-state index in [1.165, 1.54) is 0 Å². The standard InChI is InChI=1S/C13H16ClF3N2O/c1-12(2)8(6-9(12)20-3)18-11-5-7(13(15,16)17)4-10(14)19-11/h4-5,8-9H,6H2,1-3H3,(H,18,19). The van der Waals surface area contributed by atoms with Crippen LogP contribution in [0.2, 0.25) is 5.15 Å². The number of aromatic nitrogens is 1. The molecule has 7 heteroatoms. The van der Waals surface area contributed by atoms with Crippen LogP contribution < -0.4 is 5.32 Å². The van der Waals surface area contributed by atoms with Gasteiger partial charge >= 0.3 is 6.18 Å². The molecule has 20 heavy (non-hydrogen) atoms. The smallest absolute Gasteiger partial charge is 0.381 e. The van der Waals surface area contributed by atoms with Crippen LogP contribution in [0.15, 0.2) is 12.1 Å². The summed E-state index contributed by atoms with van der Waals surface area (Å²) in [5.74, 6) is 0.137. The van der Waals surface area contributed by atoms with Gasteiger partial charge in [-0.15, -0.1) is 0 Å². The average molecular weight is 309 g/mol. The number of nitrogens with zero attached hydrogens (tertiary/aromatic N) is 1. The van der Waals surface area contributed by atoms with Crippen molar-refractivity contribution in [3.8, 4) is 0 Å².